The Bertz CT molecular complexity index is 1090. The summed E-state index contributed by atoms with van der Waals surface area (Å²) in [7, 11) is 1.52. The van der Waals surface area contributed by atoms with Gasteiger partial charge < -0.3 is 29.0 Å². The van der Waals surface area contributed by atoms with Gasteiger partial charge in [-0.25, -0.2) is 0 Å². The number of hydrogen-bond donors (Lipinski definition) is 1. The minimum absolute atomic E-state index is 0.0315. The van der Waals surface area contributed by atoms with E-state index < -0.39 is 17.7 Å². The van der Waals surface area contributed by atoms with E-state index in [0.717, 1.165) is 0 Å². The molecule has 0 saturated carbocycles. The highest BCUT2D eigenvalue weighted by Gasteiger charge is 2.47. The van der Waals surface area contributed by atoms with Crippen LogP contribution in [0.4, 0.5) is 0 Å². The highest BCUT2D eigenvalue weighted by molar-refractivity contribution is 6.46. The number of benzene rings is 2. The number of rotatable bonds is 11. The zero-order chi connectivity index (χ0) is 25.5. The van der Waals surface area contributed by atoms with E-state index in [-0.39, 0.29) is 30.6 Å². The second-order valence-corrected chi connectivity index (χ2v) is 8.21. The van der Waals surface area contributed by atoms with Crippen LogP contribution in [0.15, 0.2) is 48.0 Å². The molecule has 1 heterocycles. The molecule has 8 heteroatoms. The first-order valence-corrected chi connectivity index (χ1v) is 11.8. The Morgan fingerprint density at radius 3 is 2.40 bits per heavy atom. The van der Waals surface area contributed by atoms with Crippen LogP contribution in [-0.4, -0.2) is 61.3 Å². The van der Waals surface area contributed by atoms with Crippen LogP contribution in [0.25, 0.3) is 5.76 Å². The molecule has 1 amide bonds. The zero-order valence-corrected chi connectivity index (χ0v) is 20.9. The summed E-state index contributed by atoms with van der Waals surface area (Å²) in [5.41, 5.74) is 0.866. The number of carbonyl (C=O) groups excluding carboxylic acids is 2. The lowest BCUT2D eigenvalue weighted by molar-refractivity contribution is -0.140. The minimum atomic E-state index is -0.860. The highest BCUT2D eigenvalue weighted by Crippen LogP contribution is 2.44. The number of aliphatic hydroxyl groups excluding tert-OH is 1. The molecule has 188 valence electrons. The molecule has 0 aromatic heterocycles. The molecule has 2 aromatic carbocycles. The molecule has 1 aliphatic rings. The Morgan fingerprint density at radius 1 is 1.03 bits per heavy atom. The highest BCUT2D eigenvalue weighted by atomic mass is 16.5. The Hall–Kier alpha value is -3.52. The third kappa shape index (κ3) is 5.59. The number of methoxy groups -OCH3 is 1. The van der Waals surface area contributed by atoms with Crippen LogP contribution in [0.2, 0.25) is 0 Å². The lowest BCUT2D eigenvalue weighted by Gasteiger charge is -2.27. The Morgan fingerprint density at radius 2 is 1.74 bits per heavy atom. The summed E-state index contributed by atoms with van der Waals surface area (Å²) < 4.78 is 22.5. The molecule has 1 N–H and O–H groups in total. The number of amides is 1. The number of hydrogen-bond acceptors (Lipinski definition) is 7. The fraction of sp³-hybridized carbons (Fsp3) is 0.407. The van der Waals surface area contributed by atoms with Gasteiger partial charge in [0, 0.05) is 25.3 Å². The summed E-state index contributed by atoms with van der Waals surface area (Å²) in [5.74, 6) is -0.362. The van der Waals surface area contributed by atoms with E-state index in [0.29, 0.717) is 41.6 Å². The number of para-hydroxylation sites is 1. The van der Waals surface area contributed by atoms with E-state index in [4.69, 9.17) is 18.9 Å². The number of ether oxygens (including phenoxy) is 4. The Kier molecular flexibility index (Phi) is 8.76. The van der Waals surface area contributed by atoms with Gasteiger partial charge in [0.25, 0.3) is 11.7 Å². The average Bonchev–Trinajstić information content (AvgIpc) is 3.07. The summed E-state index contributed by atoms with van der Waals surface area (Å²) >= 11 is 0. The number of aliphatic hydroxyl groups is 1. The number of Topliss-reactive ketones (excluding diaryl/α,β-unsaturated/α-hetero) is 1. The van der Waals surface area contributed by atoms with Crippen LogP contribution in [0.1, 0.15) is 44.9 Å². The van der Waals surface area contributed by atoms with Gasteiger partial charge in [0.05, 0.1) is 43.1 Å². The first-order chi connectivity index (χ1) is 16.8. The standard InChI is InChI=1S/C27H33NO7/c1-6-33-18-12-13-20(22(16-18)34-7-2)25(29)23-24(28(14-15-32-5)27(31)26(23)30)19-10-8-9-11-21(19)35-17(3)4/h8-13,16-17,24,29H,6-7,14-15H2,1-5H3/b25-23+. The van der Waals surface area contributed by atoms with Crippen molar-refractivity contribution in [2.75, 3.05) is 33.5 Å². The molecule has 1 atom stereocenters. The normalized spacial score (nSPS) is 17.2. The molecule has 1 unspecified atom stereocenters. The van der Waals surface area contributed by atoms with E-state index in [9.17, 15) is 14.7 Å². The topological polar surface area (TPSA) is 94.5 Å². The van der Waals surface area contributed by atoms with Crippen molar-refractivity contribution in [3.8, 4) is 17.2 Å². The number of likely N-dealkylation sites (tertiary alicyclic amines) is 1. The van der Waals surface area contributed by atoms with E-state index in [2.05, 4.69) is 0 Å². The van der Waals surface area contributed by atoms with Crippen molar-refractivity contribution in [3.63, 3.8) is 0 Å². The molecule has 8 nitrogen and oxygen atoms in total. The first-order valence-electron chi connectivity index (χ1n) is 11.8. The van der Waals surface area contributed by atoms with Crippen molar-refractivity contribution in [2.24, 2.45) is 0 Å². The van der Waals surface area contributed by atoms with Gasteiger partial charge in [0.2, 0.25) is 0 Å². The molecule has 0 spiro atoms. The molecular weight excluding hydrogens is 450 g/mol. The maximum atomic E-state index is 13.3. The molecular formula is C27H33NO7. The Balaban J connectivity index is 2.23. The van der Waals surface area contributed by atoms with Crippen molar-refractivity contribution >= 4 is 17.4 Å². The summed E-state index contributed by atoms with van der Waals surface area (Å²) in [5, 5.41) is 11.5. The first kappa shape index (κ1) is 26.1. The summed E-state index contributed by atoms with van der Waals surface area (Å²) in [6.07, 6.45) is -0.131. The lowest BCUT2D eigenvalue weighted by Crippen LogP contribution is -2.33. The second-order valence-electron chi connectivity index (χ2n) is 8.21. The van der Waals surface area contributed by atoms with Crippen LogP contribution in [-0.2, 0) is 14.3 Å². The monoisotopic (exact) mass is 483 g/mol. The Labute approximate surface area is 206 Å². The van der Waals surface area contributed by atoms with Gasteiger partial charge in [0.15, 0.2) is 0 Å². The molecule has 35 heavy (non-hydrogen) atoms. The van der Waals surface area contributed by atoms with Gasteiger partial charge in [-0.2, -0.15) is 0 Å². The van der Waals surface area contributed by atoms with Crippen LogP contribution in [0.3, 0.4) is 0 Å². The van der Waals surface area contributed by atoms with Crippen LogP contribution in [0.5, 0.6) is 17.2 Å². The van der Waals surface area contributed by atoms with Crippen molar-refractivity contribution in [2.45, 2.75) is 39.8 Å². The van der Waals surface area contributed by atoms with Crippen LogP contribution in [0, 0.1) is 0 Å². The van der Waals surface area contributed by atoms with Gasteiger partial charge in [-0.3, -0.25) is 9.59 Å². The lowest BCUT2D eigenvalue weighted by atomic mass is 9.94. The number of ketones is 1. The van der Waals surface area contributed by atoms with Crippen LogP contribution >= 0.6 is 0 Å². The fourth-order valence-corrected chi connectivity index (χ4v) is 4.07. The molecule has 2 aromatic rings. The molecule has 3 rings (SSSR count). The van der Waals surface area contributed by atoms with Crippen molar-refractivity contribution in [1.82, 2.24) is 4.90 Å². The third-order valence-electron chi connectivity index (χ3n) is 5.47. The maximum Gasteiger partial charge on any atom is 0.295 e. The van der Waals surface area contributed by atoms with E-state index in [1.807, 2.05) is 39.8 Å². The van der Waals surface area contributed by atoms with Crippen molar-refractivity contribution in [1.29, 1.82) is 0 Å². The minimum Gasteiger partial charge on any atom is -0.507 e. The summed E-state index contributed by atoms with van der Waals surface area (Å²) in [6, 6.07) is 11.3. The smallest absolute Gasteiger partial charge is 0.295 e. The second kappa shape index (κ2) is 11.8. The maximum absolute atomic E-state index is 13.3. The SMILES string of the molecule is CCOc1ccc(/C(O)=C2\C(=O)C(=O)N(CCOC)C2c2ccccc2OC(C)C)c(OCC)c1. The van der Waals surface area contributed by atoms with Gasteiger partial charge in [-0.05, 0) is 45.9 Å². The van der Waals surface area contributed by atoms with Crippen molar-refractivity contribution in [3.05, 3.63) is 59.2 Å². The van der Waals surface area contributed by atoms with E-state index >= 15 is 0 Å². The third-order valence-corrected chi connectivity index (χ3v) is 5.47. The van der Waals surface area contributed by atoms with Gasteiger partial charge in [-0.15, -0.1) is 0 Å². The quantitative estimate of drug-likeness (QED) is 0.289. The number of carbonyl (C=O) groups is 2. The van der Waals surface area contributed by atoms with Crippen molar-refractivity contribution < 1.29 is 33.6 Å². The number of nitrogens with zero attached hydrogens (tertiary/aromatic N) is 1. The average molecular weight is 484 g/mol. The molecule has 1 aliphatic heterocycles. The molecule has 0 bridgehead atoms. The molecule has 1 saturated heterocycles. The van der Waals surface area contributed by atoms with E-state index in [1.165, 1.54) is 12.0 Å². The predicted molar refractivity (Wildman–Crippen MR) is 132 cm³/mol. The van der Waals surface area contributed by atoms with Gasteiger partial charge in [0.1, 0.15) is 23.0 Å². The van der Waals surface area contributed by atoms with Gasteiger partial charge >= 0.3 is 0 Å². The largest absolute Gasteiger partial charge is 0.507 e. The van der Waals surface area contributed by atoms with E-state index in [1.54, 1.807) is 30.3 Å². The summed E-state index contributed by atoms with van der Waals surface area (Å²) in [6.45, 7) is 8.68. The van der Waals surface area contributed by atoms with Gasteiger partial charge in [-0.1, -0.05) is 18.2 Å². The predicted octanol–water partition coefficient (Wildman–Crippen LogP) is 4.34. The molecule has 0 radical (unpaired) electrons. The molecule has 1 fully saturated rings. The zero-order valence-electron chi connectivity index (χ0n) is 20.9. The fourth-order valence-electron chi connectivity index (χ4n) is 4.07. The summed E-state index contributed by atoms with van der Waals surface area (Å²) in [4.78, 5) is 27.8. The molecule has 0 aliphatic carbocycles. The van der Waals surface area contributed by atoms with Crippen LogP contribution < -0.4 is 14.2 Å².